The molecule has 0 spiro atoms. The van der Waals surface area contributed by atoms with Crippen LogP contribution in [0.5, 0.6) is 5.75 Å². The maximum Gasteiger partial charge on any atom is 0.276 e. The topological polar surface area (TPSA) is 102 Å². The van der Waals surface area contributed by atoms with Crippen molar-refractivity contribution in [1.29, 1.82) is 0 Å². The first-order valence-electron chi connectivity index (χ1n) is 7.69. The Bertz CT molecular complexity index is 834. The summed E-state index contributed by atoms with van der Waals surface area (Å²) in [6.45, 7) is 1.42. The second-order valence-corrected chi connectivity index (χ2v) is 7.47. The Kier molecular flexibility index (Phi) is 4.57. The zero-order chi connectivity index (χ0) is 17.3. The number of anilines is 1. The fourth-order valence-electron chi connectivity index (χ4n) is 3.05. The minimum absolute atomic E-state index is 0.0792. The number of nitrogens with two attached hydrogens (primary N) is 1. The van der Waals surface area contributed by atoms with Gasteiger partial charge in [0.15, 0.2) is 0 Å². The fourth-order valence-corrected chi connectivity index (χ4v) is 3.68. The lowest BCUT2D eigenvalue weighted by Gasteiger charge is -2.36. The molecule has 3 rings (SSSR count). The van der Waals surface area contributed by atoms with E-state index in [4.69, 9.17) is 9.88 Å². The molecular weight excluding hydrogens is 330 g/mol. The first-order chi connectivity index (χ1) is 11.4. The van der Waals surface area contributed by atoms with Gasteiger partial charge in [0.2, 0.25) is 0 Å². The van der Waals surface area contributed by atoms with Crippen LogP contribution in [0.4, 0.5) is 5.82 Å². The number of methoxy groups -OCH3 is 1. The molecule has 8 nitrogen and oxygen atoms in total. The van der Waals surface area contributed by atoms with Crippen LogP contribution in [0, 0.1) is 0 Å². The van der Waals surface area contributed by atoms with Crippen LogP contribution in [0.15, 0.2) is 24.5 Å². The lowest BCUT2D eigenvalue weighted by molar-refractivity contribution is 0.312. The quantitative estimate of drug-likeness (QED) is 0.872. The lowest BCUT2D eigenvalue weighted by Crippen LogP contribution is -2.47. The summed E-state index contributed by atoms with van der Waals surface area (Å²) in [4.78, 5) is 10.9. The highest BCUT2D eigenvalue weighted by molar-refractivity contribution is 7.86. The van der Waals surface area contributed by atoms with E-state index in [0.717, 1.165) is 22.5 Å². The first-order valence-corrected chi connectivity index (χ1v) is 9.20. The molecule has 1 aromatic carbocycles. The average Bonchev–Trinajstić information content (AvgIpc) is 2.59. The molecule has 0 bridgehead atoms. The largest absolute Gasteiger partial charge is 0.497 e. The molecule has 1 saturated heterocycles. The summed E-state index contributed by atoms with van der Waals surface area (Å²) in [5.41, 5.74) is 0.822. The number of hydrogen-bond acceptors (Lipinski definition) is 6. The molecule has 2 N–H and O–H groups in total. The maximum atomic E-state index is 11.5. The Morgan fingerprint density at radius 2 is 2.00 bits per heavy atom. The monoisotopic (exact) mass is 351 g/mol. The predicted octanol–water partition coefficient (Wildman–Crippen LogP) is 0.743. The van der Waals surface area contributed by atoms with E-state index < -0.39 is 10.2 Å². The molecule has 0 aliphatic carbocycles. The highest BCUT2D eigenvalue weighted by Gasteiger charge is 2.28. The lowest BCUT2D eigenvalue weighted by atomic mass is 10.0. The fraction of sp³-hybridized carbons (Fsp3) is 0.467. The standard InChI is InChI=1S/C15H21N5O3S/c1-19(24(16,21)22)11-5-7-20(8-6-11)15-13-4-3-12(23-2)9-14(13)17-10-18-15/h3-4,9-11H,5-8H2,1-2H3,(H2,16,21,22). The van der Waals surface area contributed by atoms with Crippen LogP contribution >= 0.6 is 0 Å². The van der Waals surface area contributed by atoms with E-state index in [1.807, 2.05) is 18.2 Å². The van der Waals surface area contributed by atoms with Crippen molar-refractivity contribution in [1.82, 2.24) is 14.3 Å². The third-order valence-corrected chi connectivity index (χ3v) is 5.60. The Morgan fingerprint density at radius 3 is 2.62 bits per heavy atom. The molecule has 2 heterocycles. The van der Waals surface area contributed by atoms with E-state index >= 15 is 0 Å². The third kappa shape index (κ3) is 3.28. The van der Waals surface area contributed by atoms with E-state index in [2.05, 4.69) is 14.9 Å². The molecule has 1 aliphatic rings. The molecule has 1 aromatic heterocycles. The van der Waals surface area contributed by atoms with Crippen LogP contribution in [-0.4, -0.2) is 56.0 Å². The zero-order valence-corrected chi connectivity index (χ0v) is 14.5. The Hall–Kier alpha value is -1.97. The van der Waals surface area contributed by atoms with E-state index in [0.29, 0.717) is 25.9 Å². The minimum Gasteiger partial charge on any atom is -0.497 e. The summed E-state index contributed by atoms with van der Waals surface area (Å²) in [5, 5.41) is 6.16. The summed E-state index contributed by atoms with van der Waals surface area (Å²) in [6.07, 6.45) is 2.95. The highest BCUT2D eigenvalue weighted by Crippen LogP contribution is 2.29. The van der Waals surface area contributed by atoms with Gasteiger partial charge in [-0.05, 0) is 25.0 Å². The van der Waals surface area contributed by atoms with Crippen molar-refractivity contribution in [2.45, 2.75) is 18.9 Å². The van der Waals surface area contributed by atoms with Gasteiger partial charge in [-0.15, -0.1) is 0 Å². The van der Waals surface area contributed by atoms with E-state index in [1.165, 1.54) is 11.4 Å². The van der Waals surface area contributed by atoms with Gasteiger partial charge in [-0.3, -0.25) is 0 Å². The third-order valence-electron chi connectivity index (χ3n) is 4.50. The summed E-state index contributed by atoms with van der Waals surface area (Å²) >= 11 is 0. The number of nitrogens with zero attached hydrogens (tertiary/aromatic N) is 4. The van der Waals surface area contributed by atoms with Crippen molar-refractivity contribution in [2.24, 2.45) is 5.14 Å². The number of benzene rings is 1. The molecule has 9 heteroatoms. The van der Waals surface area contributed by atoms with Crippen molar-refractivity contribution < 1.29 is 13.2 Å². The van der Waals surface area contributed by atoms with Gasteiger partial charge in [0.1, 0.15) is 17.9 Å². The minimum atomic E-state index is -3.65. The van der Waals surface area contributed by atoms with Crippen molar-refractivity contribution in [2.75, 3.05) is 32.1 Å². The highest BCUT2D eigenvalue weighted by atomic mass is 32.2. The Labute approximate surface area is 141 Å². The van der Waals surface area contributed by atoms with E-state index in [1.54, 1.807) is 13.4 Å². The van der Waals surface area contributed by atoms with Crippen LogP contribution < -0.4 is 14.8 Å². The molecule has 130 valence electrons. The first kappa shape index (κ1) is 16.9. The normalized spacial score (nSPS) is 16.8. The maximum absolute atomic E-state index is 11.5. The summed E-state index contributed by atoms with van der Waals surface area (Å²) in [5.74, 6) is 1.61. The van der Waals surface area contributed by atoms with Crippen LogP contribution in [0.25, 0.3) is 10.9 Å². The van der Waals surface area contributed by atoms with Crippen molar-refractivity contribution in [3.63, 3.8) is 0 Å². The number of piperidine rings is 1. The van der Waals surface area contributed by atoms with Crippen LogP contribution in [0.2, 0.25) is 0 Å². The van der Waals surface area contributed by atoms with Gasteiger partial charge in [-0.2, -0.15) is 12.7 Å². The van der Waals surface area contributed by atoms with Gasteiger partial charge in [0.25, 0.3) is 10.2 Å². The number of ether oxygens (including phenoxy) is 1. The SMILES string of the molecule is COc1ccc2c(N3CCC(N(C)S(N)(=O)=O)CC3)ncnc2c1. The molecule has 0 amide bonds. The number of hydrogen-bond donors (Lipinski definition) is 1. The second-order valence-electron chi connectivity index (χ2n) is 5.86. The molecule has 0 atom stereocenters. The van der Waals surface area contributed by atoms with Gasteiger partial charge in [0.05, 0.1) is 12.6 Å². The molecule has 2 aromatic rings. The molecule has 0 saturated carbocycles. The van der Waals surface area contributed by atoms with Crippen LogP contribution in [0.3, 0.4) is 0 Å². The van der Waals surface area contributed by atoms with E-state index in [9.17, 15) is 8.42 Å². The number of aromatic nitrogens is 2. The van der Waals surface area contributed by atoms with Gasteiger partial charge >= 0.3 is 0 Å². The van der Waals surface area contributed by atoms with Gasteiger partial charge in [0, 0.05) is 37.6 Å². The van der Waals surface area contributed by atoms with Gasteiger partial charge in [-0.1, -0.05) is 0 Å². The van der Waals surface area contributed by atoms with Crippen molar-refractivity contribution >= 4 is 26.9 Å². The number of rotatable bonds is 4. The smallest absolute Gasteiger partial charge is 0.276 e. The second kappa shape index (κ2) is 6.50. The predicted molar refractivity (Wildman–Crippen MR) is 92.2 cm³/mol. The molecule has 24 heavy (non-hydrogen) atoms. The van der Waals surface area contributed by atoms with Crippen molar-refractivity contribution in [3.8, 4) is 5.75 Å². The Balaban J connectivity index is 1.81. The number of fused-ring (bicyclic) bond motifs is 1. The summed E-state index contributed by atoms with van der Waals surface area (Å²) < 4.78 is 29.4. The van der Waals surface area contributed by atoms with Crippen molar-refractivity contribution in [3.05, 3.63) is 24.5 Å². The summed E-state index contributed by atoms with van der Waals surface area (Å²) in [7, 11) is -0.501. The van der Waals surface area contributed by atoms with Gasteiger partial charge in [-0.25, -0.2) is 15.1 Å². The summed E-state index contributed by atoms with van der Waals surface area (Å²) in [6, 6.07) is 5.63. The van der Waals surface area contributed by atoms with Gasteiger partial charge < -0.3 is 9.64 Å². The molecule has 0 unspecified atom stereocenters. The van der Waals surface area contributed by atoms with Crippen LogP contribution in [-0.2, 0) is 10.2 Å². The Morgan fingerprint density at radius 1 is 1.29 bits per heavy atom. The molecule has 1 fully saturated rings. The molecule has 0 radical (unpaired) electrons. The average molecular weight is 351 g/mol. The molecule has 1 aliphatic heterocycles. The van der Waals surface area contributed by atoms with Crippen LogP contribution in [0.1, 0.15) is 12.8 Å². The zero-order valence-electron chi connectivity index (χ0n) is 13.7. The molecular formula is C15H21N5O3S. The van der Waals surface area contributed by atoms with E-state index in [-0.39, 0.29) is 6.04 Å².